The van der Waals surface area contributed by atoms with Crippen molar-refractivity contribution < 1.29 is 4.79 Å². The summed E-state index contributed by atoms with van der Waals surface area (Å²) in [5.41, 5.74) is 2.18. The van der Waals surface area contributed by atoms with E-state index < -0.39 is 0 Å². The Morgan fingerprint density at radius 3 is 2.52 bits per heavy atom. The molecule has 1 aliphatic carbocycles. The van der Waals surface area contributed by atoms with Crippen LogP contribution in [0.1, 0.15) is 45.1 Å². The minimum Gasteiger partial charge on any atom is -0.353 e. The first-order valence-electron chi connectivity index (χ1n) is 9.36. The Hall–Kier alpha value is -2.81. The lowest BCUT2D eigenvalue weighted by atomic mass is 9.68. The lowest BCUT2D eigenvalue weighted by Gasteiger charge is -2.41. The maximum atomic E-state index is 12.1. The average molecular weight is 367 g/mol. The molecule has 0 atom stereocenters. The Morgan fingerprint density at radius 2 is 1.96 bits per heavy atom. The number of benzene rings is 1. The smallest absolute Gasteiger partial charge is 0.243 e. The molecule has 1 aliphatic rings. The first-order chi connectivity index (χ1) is 13.0. The van der Waals surface area contributed by atoms with E-state index in [2.05, 4.69) is 45.2 Å². The highest BCUT2D eigenvalue weighted by Crippen LogP contribution is 2.39. The highest BCUT2D eigenvalue weighted by Gasteiger charge is 2.37. The zero-order valence-electron chi connectivity index (χ0n) is 16.4. The molecule has 1 aromatic rings. The molecule has 0 unspecified atom stereocenters. The first-order valence-corrected chi connectivity index (χ1v) is 9.36. The van der Waals surface area contributed by atoms with Crippen LogP contribution in [0, 0.1) is 11.5 Å². The van der Waals surface area contributed by atoms with Crippen LogP contribution in [-0.2, 0) is 10.2 Å². The van der Waals surface area contributed by atoms with Crippen molar-refractivity contribution in [1.82, 2.24) is 16.0 Å². The highest BCUT2D eigenvalue weighted by molar-refractivity contribution is 5.88. The van der Waals surface area contributed by atoms with Gasteiger partial charge in [0.2, 0.25) is 11.9 Å². The second-order valence-corrected chi connectivity index (χ2v) is 7.31. The number of rotatable bonds is 5. The van der Waals surface area contributed by atoms with E-state index in [1.807, 2.05) is 26.1 Å². The van der Waals surface area contributed by atoms with Gasteiger partial charge in [0, 0.05) is 31.1 Å². The van der Waals surface area contributed by atoms with Gasteiger partial charge in [0.25, 0.3) is 0 Å². The van der Waals surface area contributed by atoms with Crippen LogP contribution in [0.25, 0.3) is 0 Å². The Kier molecular flexibility index (Phi) is 7.42. The number of nitrogens with one attached hydrogen (secondary N) is 3. The van der Waals surface area contributed by atoms with Crippen LogP contribution in [-0.4, -0.2) is 31.5 Å². The van der Waals surface area contributed by atoms with E-state index in [0.29, 0.717) is 12.5 Å². The highest BCUT2D eigenvalue weighted by atomic mass is 16.1. The predicted octanol–water partition coefficient (Wildman–Crippen LogP) is 2.60. The Bertz CT molecular complexity index is 721. The van der Waals surface area contributed by atoms with Gasteiger partial charge in [-0.15, -0.1) is 0 Å². The van der Waals surface area contributed by atoms with Crippen LogP contribution >= 0.6 is 0 Å². The predicted molar refractivity (Wildman–Crippen MR) is 108 cm³/mol. The molecule has 1 aromatic carbocycles. The summed E-state index contributed by atoms with van der Waals surface area (Å²) in [5.74, 6) is 0.468. The molecular formula is C21H29N5O. The van der Waals surface area contributed by atoms with Crippen molar-refractivity contribution in [3.8, 4) is 6.19 Å². The number of nitrogens with zero attached hydrogens (tertiary/aromatic N) is 2. The van der Waals surface area contributed by atoms with Gasteiger partial charge < -0.3 is 10.6 Å². The number of amides is 1. The number of hydrogen-bond acceptors (Lipinski definition) is 3. The quantitative estimate of drug-likeness (QED) is 0.245. The van der Waals surface area contributed by atoms with Crippen LogP contribution < -0.4 is 16.0 Å². The van der Waals surface area contributed by atoms with Gasteiger partial charge in [0.15, 0.2) is 6.19 Å². The number of carbonyl (C=O) groups excluding carboxylic acids is 1. The second-order valence-electron chi connectivity index (χ2n) is 7.31. The molecule has 1 fully saturated rings. The van der Waals surface area contributed by atoms with Gasteiger partial charge in [-0.25, -0.2) is 0 Å². The third-order valence-corrected chi connectivity index (χ3v) is 5.09. The van der Waals surface area contributed by atoms with Crippen molar-refractivity contribution >= 4 is 11.9 Å². The second kappa shape index (κ2) is 9.77. The molecule has 0 aromatic heterocycles. The first kappa shape index (κ1) is 20.5. The summed E-state index contributed by atoms with van der Waals surface area (Å²) < 4.78 is 0. The van der Waals surface area contributed by atoms with Gasteiger partial charge in [0.1, 0.15) is 0 Å². The zero-order valence-corrected chi connectivity index (χ0v) is 16.4. The number of hydrogen-bond donors (Lipinski definition) is 3. The fourth-order valence-corrected chi connectivity index (χ4v) is 3.65. The van der Waals surface area contributed by atoms with Crippen LogP contribution in [0.2, 0.25) is 0 Å². The van der Waals surface area contributed by atoms with E-state index in [0.717, 1.165) is 31.3 Å². The molecule has 0 bridgehead atoms. The van der Waals surface area contributed by atoms with Crippen molar-refractivity contribution in [3.05, 3.63) is 47.5 Å². The Morgan fingerprint density at radius 1 is 1.30 bits per heavy atom. The zero-order chi connectivity index (χ0) is 19.7. The molecule has 2 rings (SSSR count). The maximum absolute atomic E-state index is 12.1. The van der Waals surface area contributed by atoms with Gasteiger partial charge in [-0.05, 0) is 45.1 Å². The van der Waals surface area contributed by atoms with Crippen molar-refractivity contribution in [1.29, 1.82) is 5.26 Å². The molecule has 0 radical (unpaired) electrons. The molecule has 1 amide bonds. The van der Waals surface area contributed by atoms with Crippen LogP contribution in [0.4, 0.5) is 0 Å². The van der Waals surface area contributed by atoms with Crippen molar-refractivity contribution in [3.63, 3.8) is 0 Å². The lowest BCUT2D eigenvalue weighted by Crippen LogP contribution is -2.49. The summed E-state index contributed by atoms with van der Waals surface area (Å²) in [6, 6.07) is 10.7. The molecule has 1 saturated carbocycles. The van der Waals surface area contributed by atoms with Crippen LogP contribution in [0.3, 0.4) is 0 Å². The van der Waals surface area contributed by atoms with Gasteiger partial charge >= 0.3 is 0 Å². The van der Waals surface area contributed by atoms with Gasteiger partial charge in [-0.3, -0.25) is 15.1 Å². The van der Waals surface area contributed by atoms with Crippen molar-refractivity contribution in [2.24, 2.45) is 4.99 Å². The molecule has 27 heavy (non-hydrogen) atoms. The van der Waals surface area contributed by atoms with Gasteiger partial charge in [0.05, 0.1) is 0 Å². The van der Waals surface area contributed by atoms with E-state index >= 15 is 0 Å². The Labute approximate surface area is 161 Å². The molecule has 0 aliphatic heterocycles. The summed E-state index contributed by atoms with van der Waals surface area (Å²) in [6.07, 6.45) is 7.34. The molecule has 6 heteroatoms. The van der Waals surface area contributed by atoms with E-state index in [1.54, 1.807) is 13.1 Å². The molecule has 0 saturated heterocycles. The fourth-order valence-electron chi connectivity index (χ4n) is 3.65. The van der Waals surface area contributed by atoms with E-state index in [4.69, 9.17) is 5.26 Å². The number of aliphatic imine (C=N–C) groups is 1. The Balaban J connectivity index is 2.09. The monoisotopic (exact) mass is 367 g/mol. The summed E-state index contributed by atoms with van der Waals surface area (Å²) >= 11 is 0. The number of carbonyl (C=O) groups is 1. The summed E-state index contributed by atoms with van der Waals surface area (Å²) in [6.45, 7) is 4.47. The number of guanidine groups is 1. The molecule has 0 spiro atoms. The standard InChI is InChI=1S/C21H29N5O/c1-16(2)13-19(27)24-14-21(17-7-5-4-6-8-17)11-9-18(10-12-21)26-20(23-3)25-15-22/h4-8,13,18H,9-12,14H2,1-3H3,(H,24,27)(H2,23,25,26). The largest absolute Gasteiger partial charge is 0.353 e. The normalized spacial score (nSPS) is 22.3. The lowest BCUT2D eigenvalue weighted by molar-refractivity contribution is -0.116. The van der Waals surface area contributed by atoms with Crippen LogP contribution in [0.15, 0.2) is 47.0 Å². The molecule has 144 valence electrons. The van der Waals surface area contributed by atoms with E-state index in [1.165, 1.54) is 5.56 Å². The molecule has 3 N–H and O–H groups in total. The fraction of sp³-hybridized carbons (Fsp3) is 0.476. The topological polar surface area (TPSA) is 89.3 Å². The summed E-state index contributed by atoms with van der Waals surface area (Å²) in [5, 5.41) is 17.8. The average Bonchev–Trinajstić information content (AvgIpc) is 2.67. The van der Waals surface area contributed by atoms with E-state index in [-0.39, 0.29) is 17.4 Å². The molecule has 6 nitrogen and oxygen atoms in total. The van der Waals surface area contributed by atoms with Crippen LogP contribution in [0.5, 0.6) is 0 Å². The van der Waals surface area contributed by atoms with Crippen molar-refractivity contribution in [2.45, 2.75) is 51.0 Å². The maximum Gasteiger partial charge on any atom is 0.243 e. The minimum absolute atomic E-state index is 0.0378. The summed E-state index contributed by atoms with van der Waals surface area (Å²) in [4.78, 5) is 16.2. The number of nitriles is 1. The third kappa shape index (κ3) is 5.85. The molecule has 0 heterocycles. The SMILES string of the molecule is CN=C(NC#N)NC1CCC(CNC(=O)C=C(C)C)(c2ccccc2)CC1. The summed E-state index contributed by atoms with van der Waals surface area (Å²) in [7, 11) is 1.66. The van der Waals surface area contributed by atoms with Gasteiger partial charge in [-0.1, -0.05) is 35.9 Å². The third-order valence-electron chi connectivity index (χ3n) is 5.09. The van der Waals surface area contributed by atoms with Gasteiger partial charge in [-0.2, -0.15) is 5.26 Å². The minimum atomic E-state index is -0.0727. The number of allylic oxidation sites excluding steroid dienone is 1. The molecular weight excluding hydrogens is 338 g/mol. The van der Waals surface area contributed by atoms with E-state index in [9.17, 15) is 4.79 Å². The van der Waals surface area contributed by atoms with Crippen molar-refractivity contribution in [2.75, 3.05) is 13.6 Å².